The van der Waals surface area contributed by atoms with Crippen LogP contribution >= 0.6 is 0 Å². The van der Waals surface area contributed by atoms with Gasteiger partial charge in [0.25, 0.3) is 10.0 Å². The standard InChI is InChI=1S/C21H24FN3O3S/c1-23-12-13-24(15-21(23)28-2)14-16-4-3-5-20-19(16)10-11-25(20)29(26,27)18-8-6-17(22)7-9-18/h3-11,21H,12-15H2,1-2H3. The third kappa shape index (κ3) is 3.81. The second-order valence-corrected chi connectivity index (χ2v) is 9.14. The van der Waals surface area contributed by atoms with Crippen molar-refractivity contribution in [1.82, 2.24) is 13.8 Å². The van der Waals surface area contributed by atoms with Crippen LogP contribution in [0.25, 0.3) is 10.9 Å². The third-order valence-corrected chi connectivity index (χ3v) is 7.20. The third-order valence-electron chi connectivity index (χ3n) is 5.50. The molecule has 0 saturated carbocycles. The summed E-state index contributed by atoms with van der Waals surface area (Å²) in [5, 5.41) is 0.895. The van der Waals surface area contributed by atoms with Crippen molar-refractivity contribution in [2.45, 2.75) is 17.7 Å². The van der Waals surface area contributed by atoms with Crippen molar-refractivity contribution in [3.63, 3.8) is 0 Å². The van der Waals surface area contributed by atoms with E-state index in [4.69, 9.17) is 4.74 Å². The maximum atomic E-state index is 13.2. The Kier molecular flexibility index (Phi) is 5.44. The topological polar surface area (TPSA) is 54.8 Å². The molecule has 29 heavy (non-hydrogen) atoms. The largest absolute Gasteiger partial charge is 0.365 e. The highest BCUT2D eigenvalue weighted by Gasteiger charge is 2.25. The van der Waals surface area contributed by atoms with Crippen molar-refractivity contribution in [3.8, 4) is 0 Å². The Labute approximate surface area is 170 Å². The van der Waals surface area contributed by atoms with E-state index in [0.717, 1.165) is 42.7 Å². The number of nitrogens with zero attached hydrogens (tertiary/aromatic N) is 3. The zero-order chi connectivity index (χ0) is 20.6. The molecule has 3 aromatic rings. The first-order valence-electron chi connectivity index (χ1n) is 9.45. The smallest absolute Gasteiger partial charge is 0.268 e. The summed E-state index contributed by atoms with van der Waals surface area (Å²) < 4.78 is 46.1. The van der Waals surface area contributed by atoms with Crippen molar-refractivity contribution in [2.75, 3.05) is 33.8 Å². The number of fused-ring (bicyclic) bond motifs is 1. The summed E-state index contributed by atoms with van der Waals surface area (Å²) in [5.74, 6) is -0.467. The summed E-state index contributed by atoms with van der Waals surface area (Å²) in [5.41, 5.74) is 1.68. The Bertz CT molecular complexity index is 1110. The molecular weight excluding hydrogens is 393 g/mol. The molecule has 1 saturated heterocycles. The maximum Gasteiger partial charge on any atom is 0.268 e. The van der Waals surface area contributed by atoms with Gasteiger partial charge < -0.3 is 4.74 Å². The fraction of sp³-hybridized carbons (Fsp3) is 0.333. The maximum absolute atomic E-state index is 13.2. The fourth-order valence-electron chi connectivity index (χ4n) is 3.81. The van der Waals surface area contributed by atoms with Gasteiger partial charge in [-0.05, 0) is 49.0 Å². The summed E-state index contributed by atoms with van der Waals surface area (Å²) in [4.78, 5) is 4.56. The number of halogens is 1. The van der Waals surface area contributed by atoms with E-state index < -0.39 is 15.8 Å². The number of hydrogen-bond donors (Lipinski definition) is 0. The molecule has 1 atom stereocenters. The van der Waals surface area contributed by atoms with E-state index in [1.807, 2.05) is 25.2 Å². The van der Waals surface area contributed by atoms with E-state index >= 15 is 0 Å². The van der Waals surface area contributed by atoms with Gasteiger partial charge in [0.15, 0.2) is 0 Å². The zero-order valence-corrected chi connectivity index (χ0v) is 17.3. The lowest BCUT2D eigenvalue weighted by Gasteiger charge is -2.38. The molecule has 154 valence electrons. The first-order valence-corrected chi connectivity index (χ1v) is 10.9. The average molecular weight is 418 g/mol. The van der Waals surface area contributed by atoms with E-state index in [9.17, 15) is 12.8 Å². The van der Waals surface area contributed by atoms with Gasteiger partial charge in [0.1, 0.15) is 12.0 Å². The average Bonchev–Trinajstić information content (AvgIpc) is 3.16. The van der Waals surface area contributed by atoms with Crippen molar-refractivity contribution in [1.29, 1.82) is 0 Å². The van der Waals surface area contributed by atoms with Crippen LogP contribution in [0, 0.1) is 5.82 Å². The molecular formula is C21H24FN3O3S. The SMILES string of the molecule is COC1CN(Cc2cccc3c2ccn3S(=O)(=O)c2ccc(F)cc2)CCN1C. The molecule has 2 aromatic carbocycles. The summed E-state index contributed by atoms with van der Waals surface area (Å²) in [6.45, 7) is 3.33. The van der Waals surface area contributed by atoms with Gasteiger partial charge in [-0.15, -0.1) is 0 Å². The van der Waals surface area contributed by atoms with E-state index in [1.165, 1.54) is 16.1 Å². The minimum atomic E-state index is -3.80. The van der Waals surface area contributed by atoms with Crippen LogP contribution in [0.1, 0.15) is 5.56 Å². The lowest BCUT2D eigenvalue weighted by atomic mass is 10.1. The van der Waals surface area contributed by atoms with Crippen molar-refractivity contribution in [3.05, 3.63) is 66.1 Å². The van der Waals surface area contributed by atoms with Crippen molar-refractivity contribution >= 4 is 20.9 Å². The monoisotopic (exact) mass is 417 g/mol. The number of hydrogen-bond acceptors (Lipinski definition) is 5. The van der Waals surface area contributed by atoms with Crippen LogP contribution < -0.4 is 0 Å². The zero-order valence-electron chi connectivity index (χ0n) is 16.5. The molecule has 0 amide bonds. The second-order valence-electron chi connectivity index (χ2n) is 7.33. The minimum absolute atomic E-state index is 0.0476. The van der Waals surface area contributed by atoms with Crippen LogP contribution in [0.4, 0.5) is 4.39 Å². The molecule has 1 aliphatic rings. The Morgan fingerprint density at radius 3 is 2.59 bits per heavy atom. The highest BCUT2D eigenvalue weighted by atomic mass is 32.2. The second kappa shape index (κ2) is 7.87. The van der Waals surface area contributed by atoms with E-state index in [0.29, 0.717) is 12.1 Å². The molecule has 0 aliphatic carbocycles. The Hall–Kier alpha value is -2.26. The van der Waals surface area contributed by atoms with Crippen LogP contribution in [-0.2, 0) is 21.3 Å². The first-order chi connectivity index (χ1) is 13.9. The Morgan fingerprint density at radius 2 is 1.86 bits per heavy atom. The fourth-order valence-corrected chi connectivity index (χ4v) is 5.15. The quantitative estimate of drug-likeness (QED) is 0.639. The molecule has 0 bridgehead atoms. The predicted molar refractivity (Wildman–Crippen MR) is 110 cm³/mol. The van der Waals surface area contributed by atoms with Gasteiger partial charge in [0.05, 0.1) is 10.4 Å². The molecule has 0 spiro atoms. The molecule has 1 aromatic heterocycles. The van der Waals surface area contributed by atoms with Crippen LogP contribution in [-0.4, -0.2) is 62.2 Å². The van der Waals surface area contributed by atoms with Gasteiger partial charge in [-0.3, -0.25) is 9.80 Å². The summed E-state index contributed by atoms with van der Waals surface area (Å²) >= 11 is 0. The van der Waals surface area contributed by atoms with Gasteiger partial charge in [-0.25, -0.2) is 16.8 Å². The van der Waals surface area contributed by atoms with E-state index in [1.54, 1.807) is 19.4 Å². The summed E-state index contributed by atoms with van der Waals surface area (Å²) in [7, 11) is -0.0368. The van der Waals surface area contributed by atoms with Crippen LogP contribution in [0.15, 0.2) is 59.6 Å². The highest BCUT2D eigenvalue weighted by Crippen LogP contribution is 2.26. The normalized spacial score (nSPS) is 19.1. The van der Waals surface area contributed by atoms with E-state index in [2.05, 4.69) is 9.80 Å². The van der Waals surface area contributed by atoms with Crippen LogP contribution in [0.5, 0.6) is 0 Å². The van der Waals surface area contributed by atoms with Crippen molar-refractivity contribution in [2.24, 2.45) is 0 Å². The van der Waals surface area contributed by atoms with Crippen LogP contribution in [0.3, 0.4) is 0 Å². The molecule has 0 N–H and O–H groups in total. The predicted octanol–water partition coefficient (Wildman–Crippen LogP) is 2.74. The molecule has 0 radical (unpaired) electrons. The number of methoxy groups -OCH3 is 1. The van der Waals surface area contributed by atoms with Crippen LogP contribution in [0.2, 0.25) is 0 Å². The minimum Gasteiger partial charge on any atom is -0.365 e. The van der Waals surface area contributed by atoms with Gasteiger partial charge in [0.2, 0.25) is 0 Å². The number of ether oxygens (including phenoxy) is 1. The molecule has 1 aliphatic heterocycles. The van der Waals surface area contributed by atoms with Gasteiger partial charge in [-0.2, -0.15) is 0 Å². The number of rotatable bonds is 5. The molecule has 1 unspecified atom stereocenters. The Morgan fingerprint density at radius 1 is 1.10 bits per heavy atom. The lowest BCUT2D eigenvalue weighted by molar-refractivity contribution is -0.0701. The first kappa shape index (κ1) is 20.0. The van der Waals surface area contributed by atoms with Gasteiger partial charge in [-0.1, -0.05) is 12.1 Å². The number of aromatic nitrogens is 1. The number of likely N-dealkylation sites (N-methyl/N-ethyl adjacent to an activating group) is 1. The Balaban J connectivity index is 1.66. The van der Waals surface area contributed by atoms with Gasteiger partial charge in [0, 0.05) is 44.9 Å². The van der Waals surface area contributed by atoms with E-state index in [-0.39, 0.29) is 11.1 Å². The molecule has 1 fully saturated rings. The van der Waals surface area contributed by atoms with Crippen molar-refractivity contribution < 1.29 is 17.5 Å². The number of piperazine rings is 1. The molecule has 6 nitrogen and oxygen atoms in total. The molecule has 8 heteroatoms. The molecule has 4 rings (SSSR count). The van der Waals surface area contributed by atoms with Gasteiger partial charge >= 0.3 is 0 Å². The summed E-state index contributed by atoms with van der Waals surface area (Å²) in [6.07, 6.45) is 1.61. The summed E-state index contributed by atoms with van der Waals surface area (Å²) in [6, 6.07) is 12.4. The lowest BCUT2D eigenvalue weighted by Crippen LogP contribution is -2.51. The molecule has 2 heterocycles. The highest BCUT2D eigenvalue weighted by molar-refractivity contribution is 7.90. The number of benzene rings is 2.